The minimum Gasteiger partial charge on any atom is -0.547 e. The number of carboxylic acid groups (broad SMARTS) is 4. The Morgan fingerprint density at radius 3 is 1.10 bits per heavy atom. The van der Waals surface area contributed by atoms with E-state index in [9.17, 15) is 49.2 Å². The van der Waals surface area contributed by atoms with Crippen LogP contribution in [0.5, 0.6) is 0 Å². The van der Waals surface area contributed by atoms with Gasteiger partial charge in [-0.15, -0.1) is 0 Å². The predicted molar refractivity (Wildman–Crippen MR) is 297 cm³/mol. The van der Waals surface area contributed by atoms with Crippen LogP contribution in [0.25, 0.3) is 22.3 Å². The molecule has 0 saturated carbocycles. The number of amides is 2. The van der Waals surface area contributed by atoms with Gasteiger partial charge < -0.3 is 68.2 Å². The van der Waals surface area contributed by atoms with Crippen LogP contribution < -0.4 is 69.3 Å². The quantitative estimate of drug-likeness (QED) is 0.0711. The average Bonchev–Trinajstić information content (AvgIpc) is 2.24. The van der Waals surface area contributed by atoms with Gasteiger partial charge in [0.2, 0.25) is 0 Å². The summed E-state index contributed by atoms with van der Waals surface area (Å²) in [7, 11) is 0. The molecule has 10 atom stereocenters. The van der Waals surface area contributed by atoms with E-state index >= 15 is 8.78 Å². The number of aryl methyl sites for hydroxylation is 2. The van der Waals surface area contributed by atoms with Crippen LogP contribution in [-0.4, -0.2) is 131 Å². The van der Waals surface area contributed by atoms with E-state index < -0.39 is 122 Å². The van der Waals surface area contributed by atoms with E-state index in [1.165, 1.54) is 12.1 Å². The summed E-state index contributed by atoms with van der Waals surface area (Å²) in [4.78, 5) is 77.0. The summed E-state index contributed by atoms with van der Waals surface area (Å²) < 4.78 is 62.6. The Labute approximate surface area is 541 Å². The molecule has 0 aromatic heterocycles. The van der Waals surface area contributed by atoms with Crippen molar-refractivity contribution in [1.29, 1.82) is 0 Å². The minimum atomic E-state index is -1.80. The third-order valence-electron chi connectivity index (χ3n) is 14.6. The van der Waals surface area contributed by atoms with Crippen LogP contribution >= 0.6 is 0 Å². The molecule has 444 valence electrons. The zero-order valence-corrected chi connectivity index (χ0v) is 52.7. The number of carbonyl (C=O) groups is 6. The van der Waals surface area contributed by atoms with Crippen molar-refractivity contribution in [3.05, 3.63) is 192 Å². The summed E-state index contributed by atoms with van der Waals surface area (Å²) in [6, 6.07) is 45.3. The Balaban J connectivity index is 0.000000307. The fourth-order valence-electron chi connectivity index (χ4n) is 10.4. The van der Waals surface area contributed by atoms with E-state index in [0.29, 0.717) is 59.1 Å². The Hall–Kier alpha value is -6.24. The first-order valence-electron chi connectivity index (χ1n) is 27.5. The largest absolute Gasteiger partial charge is 1.00 e. The van der Waals surface area contributed by atoms with Crippen molar-refractivity contribution in [1.82, 2.24) is 9.80 Å². The molecule has 6 aromatic rings. The molecule has 2 aliphatic heterocycles. The van der Waals surface area contributed by atoms with Crippen LogP contribution in [0.15, 0.2) is 158 Å². The third-order valence-corrected chi connectivity index (χ3v) is 14.6. The molecule has 0 aliphatic carbocycles. The molecule has 22 heteroatoms. The molecule has 2 fully saturated rings. The van der Waals surface area contributed by atoms with Crippen molar-refractivity contribution in [2.24, 2.45) is 0 Å². The second-order valence-electron chi connectivity index (χ2n) is 20.0. The van der Waals surface area contributed by atoms with Gasteiger partial charge in [-0.1, -0.05) is 146 Å². The van der Waals surface area contributed by atoms with Crippen LogP contribution in [0.4, 0.5) is 8.78 Å². The Morgan fingerprint density at radius 2 is 0.814 bits per heavy atom. The molecule has 0 radical (unpaired) electrons. The molecule has 2 saturated heterocycles. The number of nitrogens with zero attached hydrogens (tertiary/aromatic N) is 2. The van der Waals surface area contributed by atoms with Crippen LogP contribution in [0.1, 0.15) is 74.6 Å². The molecule has 0 bridgehead atoms. The topological polar surface area (TPSA) is 251 Å². The van der Waals surface area contributed by atoms with Gasteiger partial charge in [-0.2, -0.15) is 0 Å². The van der Waals surface area contributed by atoms with Crippen molar-refractivity contribution >= 4 is 35.7 Å². The number of aliphatic carboxylic acids is 4. The van der Waals surface area contributed by atoms with E-state index in [1.807, 2.05) is 97.1 Å². The number of hydrogen-bond donors (Lipinski definition) is 2. The average molecular weight is 1200 g/mol. The molecule has 2 amide bonds. The molecule has 86 heavy (non-hydrogen) atoms. The smallest absolute Gasteiger partial charge is 0.547 e. The maximum Gasteiger partial charge on any atom is 1.00 e. The van der Waals surface area contributed by atoms with Gasteiger partial charge >= 0.3 is 71.1 Å². The fourth-order valence-corrected chi connectivity index (χ4v) is 10.4. The Morgan fingerprint density at radius 1 is 0.500 bits per heavy atom. The number of benzene rings is 6. The van der Waals surface area contributed by atoms with Gasteiger partial charge in [-0.25, -0.2) is 8.78 Å². The maximum absolute atomic E-state index is 15.5. The zero-order valence-electron chi connectivity index (χ0n) is 48.7. The number of ether oxygens (including phenoxy) is 6. The van der Waals surface area contributed by atoms with Gasteiger partial charge in [-0.3, -0.25) is 19.2 Å². The van der Waals surface area contributed by atoms with Gasteiger partial charge in [0.1, 0.15) is 36.9 Å². The van der Waals surface area contributed by atoms with Crippen molar-refractivity contribution in [2.45, 2.75) is 115 Å². The second kappa shape index (κ2) is 34.3. The normalized spacial score (nSPS) is 19.2. The van der Waals surface area contributed by atoms with Crippen LogP contribution in [-0.2, 0) is 70.0 Å². The first kappa shape index (κ1) is 70.5. The standard InChI is InChI=1S/2C32H34FNO8.2Na/c2*1-3-40-32-41-28(29(42-32)31(38)39)30(37)34(19-27(35)36)20(2)24(16-14-21-10-6-4-7-11-21)23-15-17-25(26(33)18-23)22-12-8-5-9-13-22;;/h2*4-13,15,17-18,20,24,28-29,32H,3,14,16,19H2,1-2H3,(H,35,36)(H,38,39);;/q;;2*+1/p-2/t2*20-,24+,28+,29+,32+;;/m11../s1. The van der Waals surface area contributed by atoms with Crippen molar-refractivity contribution in [3.63, 3.8) is 0 Å². The van der Waals surface area contributed by atoms with Crippen LogP contribution in [0, 0.1) is 11.6 Å². The van der Waals surface area contributed by atoms with Gasteiger partial charge in [0.25, 0.3) is 24.8 Å². The summed E-state index contributed by atoms with van der Waals surface area (Å²) in [5, 5.41) is 43.0. The monoisotopic (exact) mass is 1200 g/mol. The van der Waals surface area contributed by atoms with Crippen molar-refractivity contribution in [3.8, 4) is 22.3 Å². The molecule has 2 aliphatic rings. The van der Waals surface area contributed by atoms with Gasteiger partial charge in [-0.05, 0) is 98.9 Å². The Bertz CT molecular complexity index is 2960. The first-order valence-corrected chi connectivity index (χ1v) is 27.5. The van der Waals surface area contributed by atoms with E-state index in [4.69, 9.17) is 28.4 Å². The summed E-state index contributed by atoms with van der Waals surface area (Å²) in [6.07, 6.45) is -5.00. The molecule has 0 spiro atoms. The minimum absolute atomic E-state index is 0. The van der Waals surface area contributed by atoms with E-state index in [-0.39, 0.29) is 72.3 Å². The number of halogens is 2. The number of carbonyl (C=O) groups excluding carboxylic acids is 4. The molecule has 0 unspecified atom stereocenters. The molecule has 2 heterocycles. The summed E-state index contributed by atoms with van der Waals surface area (Å²) in [5.74, 6) is -9.82. The summed E-state index contributed by atoms with van der Waals surface area (Å²) in [5.41, 5.74) is 5.36. The molecule has 6 aromatic carbocycles. The van der Waals surface area contributed by atoms with E-state index in [2.05, 4.69) is 0 Å². The van der Waals surface area contributed by atoms with Gasteiger partial charge in [0.15, 0.2) is 12.2 Å². The maximum atomic E-state index is 15.5. The molecular formula is C64H66F2N2Na2O16. The summed E-state index contributed by atoms with van der Waals surface area (Å²) >= 11 is 0. The number of hydrogen-bond acceptors (Lipinski definition) is 14. The van der Waals surface area contributed by atoms with Crippen molar-refractivity contribution < 1.29 is 146 Å². The molecule has 18 nitrogen and oxygen atoms in total. The van der Waals surface area contributed by atoms with Crippen molar-refractivity contribution in [2.75, 3.05) is 26.3 Å². The first-order chi connectivity index (χ1) is 40.4. The molecular weight excluding hydrogens is 1140 g/mol. The number of rotatable bonds is 26. The number of carboxylic acids is 4. The fraction of sp³-hybridized carbons (Fsp3) is 0.344. The molecule has 8 rings (SSSR count). The van der Waals surface area contributed by atoms with Gasteiger partial charge in [0, 0.05) is 48.3 Å². The molecule has 2 N–H and O–H groups in total. The summed E-state index contributed by atoms with van der Waals surface area (Å²) in [6.45, 7) is 2.47. The van der Waals surface area contributed by atoms with E-state index in [0.717, 1.165) is 20.9 Å². The van der Waals surface area contributed by atoms with Gasteiger partial charge in [0.05, 0.1) is 11.9 Å². The Kier molecular flexibility index (Phi) is 28.2. The second-order valence-corrected chi connectivity index (χ2v) is 20.0. The van der Waals surface area contributed by atoms with Crippen LogP contribution in [0.3, 0.4) is 0 Å². The zero-order chi connectivity index (χ0) is 60.5. The SMILES string of the molecule is CCO[C@@H]1O[C@H](C(=O)[O-])[C@@H](C(=O)N(CC(=O)O)[C@H](C)[C@H](CCc2ccccc2)c2ccc(-c3ccccc3)c(F)c2)O1.CCO[C@@H]1O[C@H](C(=O)[O-])[C@@H](C(=O)N(CC(=O)O)[C@H](C)[C@H](CCc2ccccc2)c2ccc(-c3ccccc3)c(F)c2)O1.[Na+].[Na+]. The predicted octanol–water partition coefficient (Wildman–Crippen LogP) is 0.738. The van der Waals surface area contributed by atoms with E-state index in [1.54, 1.807) is 76.2 Å². The third kappa shape index (κ3) is 18.9. The van der Waals surface area contributed by atoms with Crippen LogP contribution in [0.2, 0.25) is 0 Å².